The third kappa shape index (κ3) is 4.37. The predicted octanol–water partition coefficient (Wildman–Crippen LogP) is 3.60. The summed E-state index contributed by atoms with van der Waals surface area (Å²) in [6, 6.07) is 2.33. The Kier molecular flexibility index (Phi) is 4.61. The molecule has 4 nitrogen and oxygen atoms in total. The third-order valence-electron chi connectivity index (χ3n) is 3.23. The summed E-state index contributed by atoms with van der Waals surface area (Å²) in [6.07, 6.45) is 3.48. The first-order valence-electron chi connectivity index (χ1n) is 7.36. The van der Waals surface area contributed by atoms with E-state index in [1.165, 1.54) is 12.8 Å². The molecule has 1 saturated carbocycles. The molecule has 0 amide bonds. The van der Waals surface area contributed by atoms with Crippen molar-refractivity contribution in [2.45, 2.75) is 58.9 Å². The van der Waals surface area contributed by atoms with Crippen LogP contribution in [-0.4, -0.2) is 22.6 Å². The second-order valence-corrected chi connectivity index (χ2v) is 5.88. The fourth-order valence-electron chi connectivity index (χ4n) is 1.72. The number of anilines is 1. The molecule has 1 aliphatic carbocycles. The van der Waals surface area contributed by atoms with Gasteiger partial charge in [0.25, 0.3) is 0 Å². The molecular weight excluding hydrogens is 238 g/mol. The highest BCUT2D eigenvalue weighted by atomic mass is 16.5. The molecule has 2 rings (SSSR count). The zero-order chi connectivity index (χ0) is 13.8. The van der Waals surface area contributed by atoms with Gasteiger partial charge in [-0.25, -0.2) is 4.98 Å². The molecule has 1 aromatic rings. The van der Waals surface area contributed by atoms with Gasteiger partial charge in [-0.2, -0.15) is 4.98 Å². The molecule has 0 aliphatic heterocycles. The van der Waals surface area contributed by atoms with E-state index in [0.29, 0.717) is 30.4 Å². The number of hydrogen-bond acceptors (Lipinski definition) is 4. The molecule has 106 valence electrons. The van der Waals surface area contributed by atoms with E-state index in [-0.39, 0.29) is 0 Å². The number of aromatic nitrogens is 2. The first-order chi connectivity index (χ1) is 9.08. The van der Waals surface area contributed by atoms with Crippen LogP contribution >= 0.6 is 0 Å². The molecule has 0 bridgehead atoms. The Balaban J connectivity index is 2.12. The van der Waals surface area contributed by atoms with Crippen LogP contribution in [0.25, 0.3) is 0 Å². The lowest BCUT2D eigenvalue weighted by Crippen LogP contribution is -2.16. The number of nitrogens with one attached hydrogen (secondary N) is 1. The highest BCUT2D eigenvalue weighted by Gasteiger charge is 2.27. The van der Waals surface area contributed by atoms with Crippen molar-refractivity contribution in [2.75, 3.05) is 11.9 Å². The minimum atomic E-state index is 0.417. The summed E-state index contributed by atoms with van der Waals surface area (Å²) in [6.45, 7) is 9.30. The molecule has 1 aliphatic rings. The van der Waals surface area contributed by atoms with Crippen molar-refractivity contribution in [3.8, 4) is 5.88 Å². The van der Waals surface area contributed by atoms with Crippen LogP contribution < -0.4 is 10.1 Å². The van der Waals surface area contributed by atoms with E-state index in [0.717, 1.165) is 18.1 Å². The summed E-state index contributed by atoms with van der Waals surface area (Å²) in [7, 11) is 0. The average molecular weight is 263 g/mol. The summed E-state index contributed by atoms with van der Waals surface area (Å²) < 4.78 is 5.75. The maximum Gasteiger partial charge on any atom is 0.218 e. The van der Waals surface area contributed by atoms with Crippen LogP contribution in [0.5, 0.6) is 5.88 Å². The number of nitrogens with zero attached hydrogens (tertiary/aromatic N) is 2. The highest BCUT2D eigenvalue weighted by Crippen LogP contribution is 2.39. The molecule has 1 atom stereocenters. The van der Waals surface area contributed by atoms with Crippen LogP contribution in [0.15, 0.2) is 6.07 Å². The molecule has 1 fully saturated rings. The molecule has 4 heteroatoms. The second kappa shape index (κ2) is 6.22. The van der Waals surface area contributed by atoms with Crippen LogP contribution in [0, 0.1) is 5.92 Å². The van der Waals surface area contributed by atoms with Crippen LogP contribution in [0.4, 0.5) is 5.82 Å². The molecule has 0 spiro atoms. The quantitative estimate of drug-likeness (QED) is 0.816. The second-order valence-electron chi connectivity index (χ2n) is 5.88. The van der Waals surface area contributed by atoms with Crippen molar-refractivity contribution in [2.24, 2.45) is 5.92 Å². The fourth-order valence-corrected chi connectivity index (χ4v) is 1.72. The minimum absolute atomic E-state index is 0.417. The Labute approximate surface area is 116 Å². The number of rotatable bonds is 7. The Morgan fingerprint density at radius 3 is 2.63 bits per heavy atom. The van der Waals surface area contributed by atoms with Gasteiger partial charge in [0.05, 0.1) is 6.61 Å². The molecule has 1 N–H and O–H groups in total. The molecule has 0 aromatic carbocycles. The molecule has 1 heterocycles. The van der Waals surface area contributed by atoms with E-state index < -0.39 is 0 Å². The Hall–Kier alpha value is -1.32. The lowest BCUT2D eigenvalue weighted by Gasteiger charge is -2.15. The van der Waals surface area contributed by atoms with Crippen LogP contribution in [0.3, 0.4) is 0 Å². The van der Waals surface area contributed by atoms with E-state index in [2.05, 4.69) is 43.0 Å². The Morgan fingerprint density at radius 1 is 1.32 bits per heavy atom. The van der Waals surface area contributed by atoms with Gasteiger partial charge in [-0.05, 0) is 32.1 Å². The largest absolute Gasteiger partial charge is 0.477 e. The Morgan fingerprint density at radius 2 is 2.05 bits per heavy atom. The number of hydrogen-bond donors (Lipinski definition) is 1. The van der Waals surface area contributed by atoms with E-state index >= 15 is 0 Å². The van der Waals surface area contributed by atoms with Gasteiger partial charge in [0.1, 0.15) is 11.6 Å². The van der Waals surface area contributed by atoms with E-state index in [1.54, 1.807) is 0 Å². The van der Waals surface area contributed by atoms with Gasteiger partial charge in [0.2, 0.25) is 5.88 Å². The van der Waals surface area contributed by atoms with Crippen LogP contribution in [-0.2, 0) is 0 Å². The monoisotopic (exact) mass is 263 g/mol. The highest BCUT2D eigenvalue weighted by molar-refractivity contribution is 5.40. The summed E-state index contributed by atoms with van der Waals surface area (Å²) in [5, 5.41) is 3.41. The lowest BCUT2D eigenvalue weighted by atomic mass is 10.2. The fraction of sp³-hybridized carbons (Fsp3) is 0.733. The molecule has 1 aromatic heterocycles. The first-order valence-corrected chi connectivity index (χ1v) is 7.36. The number of ether oxygens (including phenoxy) is 1. The van der Waals surface area contributed by atoms with Crippen molar-refractivity contribution >= 4 is 5.82 Å². The average Bonchev–Trinajstić information content (AvgIpc) is 3.20. The topological polar surface area (TPSA) is 47.0 Å². The maximum atomic E-state index is 5.75. The van der Waals surface area contributed by atoms with Gasteiger partial charge in [0.15, 0.2) is 0 Å². The lowest BCUT2D eigenvalue weighted by molar-refractivity contribution is 0.260. The Bertz CT molecular complexity index is 416. The SMILES string of the molecule is CCC(C)Nc1cc(OCC(C)C)nc(C2CC2)n1. The van der Waals surface area contributed by atoms with Crippen molar-refractivity contribution in [3.05, 3.63) is 11.9 Å². The van der Waals surface area contributed by atoms with Gasteiger partial charge in [-0.1, -0.05) is 20.8 Å². The van der Waals surface area contributed by atoms with Gasteiger partial charge < -0.3 is 10.1 Å². The van der Waals surface area contributed by atoms with Crippen molar-refractivity contribution in [1.82, 2.24) is 9.97 Å². The van der Waals surface area contributed by atoms with E-state index in [4.69, 9.17) is 4.74 Å². The molecule has 1 unspecified atom stereocenters. The summed E-state index contributed by atoms with van der Waals surface area (Å²) in [5.41, 5.74) is 0. The molecule has 0 radical (unpaired) electrons. The van der Waals surface area contributed by atoms with E-state index in [1.807, 2.05) is 6.07 Å². The van der Waals surface area contributed by atoms with Gasteiger partial charge in [-0.15, -0.1) is 0 Å². The zero-order valence-electron chi connectivity index (χ0n) is 12.4. The van der Waals surface area contributed by atoms with E-state index in [9.17, 15) is 0 Å². The van der Waals surface area contributed by atoms with Gasteiger partial charge in [0, 0.05) is 18.0 Å². The molecule has 0 saturated heterocycles. The predicted molar refractivity (Wildman–Crippen MR) is 77.7 cm³/mol. The molecule has 19 heavy (non-hydrogen) atoms. The third-order valence-corrected chi connectivity index (χ3v) is 3.23. The smallest absolute Gasteiger partial charge is 0.218 e. The zero-order valence-corrected chi connectivity index (χ0v) is 12.4. The van der Waals surface area contributed by atoms with Crippen molar-refractivity contribution in [1.29, 1.82) is 0 Å². The van der Waals surface area contributed by atoms with Crippen LogP contribution in [0.1, 0.15) is 58.7 Å². The van der Waals surface area contributed by atoms with Crippen molar-refractivity contribution in [3.63, 3.8) is 0 Å². The molecular formula is C15H25N3O. The summed E-state index contributed by atoms with van der Waals surface area (Å²) in [5.74, 6) is 3.58. The van der Waals surface area contributed by atoms with Gasteiger partial charge >= 0.3 is 0 Å². The standard InChI is InChI=1S/C15H25N3O/c1-5-11(4)16-13-8-14(19-9-10(2)3)18-15(17-13)12-6-7-12/h8,10-12H,5-7,9H2,1-4H3,(H,16,17,18). The normalized spacial score (nSPS) is 16.5. The summed E-state index contributed by atoms with van der Waals surface area (Å²) >= 11 is 0. The first kappa shape index (κ1) is 14.1. The minimum Gasteiger partial charge on any atom is -0.477 e. The van der Waals surface area contributed by atoms with Gasteiger partial charge in [-0.3, -0.25) is 0 Å². The van der Waals surface area contributed by atoms with Crippen LogP contribution in [0.2, 0.25) is 0 Å². The van der Waals surface area contributed by atoms with Crippen molar-refractivity contribution < 1.29 is 4.74 Å². The summed E-state index contributed by atoms with van der Waals surface area (Å²) in [4.78, 5) is 9.14. The maximum absolute atomic E-state index is 5.75.